The van der Waals surface area contributed by atoms with Crippen LogP contribution in [0.1, 0.15) is 43.7 Å². The average Bonchev–Trinajstić information content (AvgIpc) is 3.52. The van der Waals surface area contributed by atoms with Crippen LogP contribution in [0.5, 0.6) is 0 Å². The number of rotatable bonds is 11. The molecule has 2 heterocycles. The Labute approximate surface area is 240 Å². The molecule has 0 radical (unpaired) electrons. The van der Waals surface area contributed by atoms with Crippen LogP contribution in [0.15, 0.2) is 48.5 Å². The maximum atomic E-state index is 14.5. The molecule has 2 saturated heterocycles. The van der Waals surface area contributed by atoms with Gasteiger partial charge in [0.1, 0.15) is 17.7 Å². The van der Waals surface area contributed by atoms with Crippen LogP contribution in [0.2, 0.25) is 0 Å². The van der Waals surface area contributed by atoms with Crippen LogP contribution in [0.4, 0.5) is 8.78 Å². The van der Waals surface area contributed by atoms with Crippen molar-refractivity contribution in [3.63, 3.8) is 0 Å². The summed E-state index contributed by atoms with van der Waals surface area (Å²) in [5.41, 5.74) is 1.22. The number of amides is 3. The lowest BCUT2D eigenvalue weighted by molar-refractivity contribution is -0.142. The van der Waals surface area contributed by atoms with Gasteiger partial charge in [0.15, 0.2) is 0 Å². The van der Waals surface area contributed by atoms with Crippen LogP contribution in [0.25, 0.3) is 0 Å². The average molecular weight is 570 g/mol. The van der Waals surface area contributed by atoms with Crippen LogP contribution < -0.4 is 16.0 Å². The number of halogens is 2. The fraction of sp³-hybridized carbons (Fsp3) is 0.516. The number of hydrogen-bond acceptors (Lipinski definition) is 5. The highest BCUT2D eigenvalue weighted by Crippen LogP contribution is 2.22. The Bertz CT molecular complexity index is 1190. The summed E-state index contributed by atoms with van der Waals surface area (Å²) in [6, 6.07) is 10.5. The molecule has 2 aromatic carbocycles. The van der Waals surface area contributed by atoms with Gasteiger partial charge in [0, 0.05) is 39.1 Å². The highest BCUT2D eigenvalue weighted by atomic mass is 19.1. The van der Waals surface area contributed by atoms with Crippen molar-refractivity contribution in [2.45, 2.75) is 69.6 Å². The summed E-state index contributed by atoms with van der Waals surface area (Å²) < 4.78 is 28.1. The molecule has 10 heteroatoms. The smallest absolute Gasteiger partial charge is 0.245 e. The van der Waals surface area contributed by atoms with Crippen molar-refractivity contribution in [1.82, 2.24) is 25.8 Å². The Hall–Kier alpha value is -3.37. The third kappa shape index (κ3) is 7.89. The van der Waals surface area contributed by atoms with Gasteiger partial charge in [0.05, 0.1) is 12.1 Å². The monoisotopic (exact) mass is 569 g/mol. The molecule has 4 rings (SSSR count). The molecule has 2 aromatic rings. The van der Waals surface area contributed by atoms with E-state index in [2.05, 4.69) is 16.0 Å². The Balaban J connectivity index is 1.53. The van der Waals surface area contributed by atoms with Gasteiger partial charge in [-0.05, 0) is 61.6 Å². The number of benzene rings is 2. The first-order valence-corrected chi connectivity index (χ1v) is 14.6. The third-order valence-electron chi connectivity index (χ3n) is 8.12. The first-order valence-electron chi connectivity index (χ1n) is 14.6. The first-order chi connectivity index (χ1) is 19.8. The first kappa shape index (κ1) is 30.6. The van der Waals surface area contributed by atoms with Gasteiger partial charge in [-0.25, -0.2) is 8.78 Å². The highest BCUT2D eigenvalue weighted by molar-refractivity contribution is 5.90. The highest BCUT2D eigenvalue weighted by Gasteiger charge is 2.38. The van der Waals surface area contributed by atoms with Crippen molar-refractivity contribution in [1.29, 1.82) is 0 Å². The summed E-state index contributed by atoms with van der Waals surface area (Å²) in [5, 5.41) is 8.87. The molecular formula is C31H41F2N5O3. The van der Waals surface area contributed by atoms with Gasteiger partial charge in [0.2, 0.25) is 17.7 Å². The Morgan fingerprint density at radius 2 is 1.80 bits per heavy atom. The molecule has 0 aliphatic carbocycles. The molecule has 4 atom stereocenters. The number of nitrogens with one attached hydrogen (secondary N) is 3. The molecule has 8 nitrogen and oxygen atoms in total. The Kier molecular flexibility index (Phi) is 10.8. The van der Waals surface area contributed by atoms with Gasteiger partial charge in [-0.2, -0.15) is 0 Å². The van der Waals surface area contributed by atoms with Crippen molar-refractivity contribution >= 4 is 17.7 Å². The standard InChI is InChI=1S/C31H41F2N5O3/c1-3-7-24-20-37(28(30(40)34-2)19-22-8-4-5-9-25(22)33)16-17-38(24)31(41)27(18-21-11-13-23(32)14-12-21)36-29(39)26-10-6-15-35-26/h4-5,8-9,11-14,24,26-28,35H,3,6-7,10,15-20H2,1-2H3,(H,34,40)(H,36,39). The van der Waals surface area contributed by atoms with Gasteiger partial charge < -0.3 is 20.9 Å². The molecule has 2 aliphatic heterocycles. The minimum atomic E-state index is -0.811. The molecule has 3 amide bonds. The SMILES string of the molecule is CCCC1CN(C(Cc2ccccc2F)C(=O)NC)CCN1C(=O)C(Cc1ccc(F)cc1)NC(=O)C1CCCN1. The normalized spacial score (nSPS) is 20.8. The predicted molar refractivity (Wildman–Crippen MR) is 153 cm³/mol. The van der Waals surface area contributed by atoms with Crippen LogP contribution in [0.3, 0.4) is 0 Å². The van der Waals surface area contributed by atoms with E-state index in [0.29, 0.717) is 38.0 Å². The van der Waals surface area contributed by atoms with E-state index in [0.717, 1.165) is 24.9 Å². The van der Waals surface area contributed by atoms with E-state index in [9.17, 15) is 23.2 Å². The lowest BCUT2D eigenvalue weighted by atomic mass is 9.97. The number of piperazine rings is 1. The van der Waals surface area contributed by atoms with Gasteiger partial charge >= 0.3 is 0 Å². The zero-order chi connectivity index (χ0) is 29.4. The fourth-order valence-corrected chi connectivity index (χ4v) is 5.90. The zero-order valence-corrected chi connectivity index (χ0v) is 23.9. The van der Waals surface area contributed by atoms with Crippen LogP contribution >= 0.6 is 0 Å². The maximum Gasteiger partial charge on any atom is 0.245 e. The second kappa shape index (κ2) is 14.5. The van der Waals surface area contributed by atoms with Crippen LogP contribution in [-0.4, -0.2) is 84.9 Å². The molecule has 0 aromatic heterocycles. The van der Waals surface area contributed by atoms with E-state index >= 15 is 0 Å². The summed E-state index contributed by atoms with van der Waals surface area (Å²) in [6.07, 6.45) is 3.60. The summed E-state index contributed by atoms with van der Waals surface area (Å²) in [5.74, 6) is -1.32. The molecule has 3 N–H and O–H groups in total. The number of hydrogen-bond donors (Lipinski definition) is 3. The van der Waals surface area contributed by atoms with E-state index < -0.39 is 12.1 Å². The van der Waals surface area contributed by atoms with Crippen molar-refractivity contribution in [3.05, 3.63) is 71.3 Å². The second-order valence-electron chi connectivity index (χ2n) is 10.9. The minimum Gasteiger partial charge on any atom is -0.358 e. The molecule has 0 saturated carbocycles. The summed E-state index contributed by atoms with van der Waals surface area (Å²) in [7, 11) is 1.57. The maximum absolute atomic E-state index is 14.5. The van der Waals surface area contributed by atoms with E-state index in [1.165, 1.54) is 18.2 Å². The lowest BCUT2D eigenvalue weighted by Crippen LogP contribution is -2.63. The van der Waals surface area contributed by atoms with Crippen molar-refractivity contribution in [3.8, 4) is 0 Å². The van der Waals surface area contributed by atoms with Crippen LogP contribution in [-0.2, 0) is 27.2 Å². The second-order valence-corrected chi connectivity index (χ2v) is 10.9. The third-order valence-corrected chi connectivity index (χ3v) is 8.12. The molecule has 222 valence electrons. The molecule has 2 fully saturated rings. The zero-order valence-electron chi connectivity index (χ0n) is 23.9. The van der Waals surface area contributed by atoms with E-state index in [-0.39, 0.29) is 54.3 Å². The molecule has 2 aliphatic rings. The summed E-state index contributed by atoms with van der Waals surface area (Å²) >= 11 is 0. The topological polar surface area (TPSA) is 93.8 Å². The predicted octanol–water partition coefficient (Wildman–Crippen LogP) is 2.41. The number of carbonyl (C=O) groups is 3. The molecular weight excluding hydrogens is 528 g/mol. The Morgan fingerprint density at radius 1 is 1.05 bits per heavy atom. The quantitative estimate of drug-likeness (QED) is 0.387. The minimum absolute atomic E-state index is 0.189. The van der Waals surface area contributed by atoms with Gasteiger partial charge in [-0.3, -0.25) is 19.3 Å². The summed E-state index contributed by atoms with van der Waals surface area (Å²) in [4.78, 5) is 43.9. The number of carbonyl (C=O) groups excluding carboxylic acids is 3. The lowest BCUT2D eigenvalue weighted by Gasteiger charge is -2.45. The van der Waals surface area contributed by atoms with E-state index in [1.54, 1.807) is 37.4 Å². The Morgan fingerprint density at radius 3 is 2.46 bits per heavy atom. The van der Waals surface area contributed by atoms with Crippen LogP contribution in [0, 0.1) is 11.6 Å². The number of nitrogens with zero attached hydrogens (tertiary/aromatic N) is 2. The number of likely N-dealkylation sites (N-methyl/N-ethyl adjacent to an activating group) is 1. The van der Waals surface area contributed by atoms with E-state index in [1.807, 2.05) is 16.7 Å². The van der Waals surface area contributed by atoms with E-state index in [4.69, 9.17) is 0 Å². The van der Waals surface area contributed by atoms with Crippen molar-refractivity contribution < 1.29 is 23.2 Å². The molecule has 41 heavy (non-hydrogen) atoms. The molecule has 0 bridgehead atoms. The fourth-order valence-electron chi connectivity index (χ4n) is 5.90. The van der Waals surface area contributed by atoms with Crippen molar-refractivity contribution in [2.75, 3.05) is 33.2 Å². The van der Waals surface area contributed by atoms with Crippen molar-refractivity contribution in [2.24, 2.45) is 0 Å². The largest absolute Gasteiger partial charge is 0.358 e. The molecule has 0 spiro atoms. The van der Waals surface area contributed by atoms with Gasteiger partial charge in [-0.15, -0.1) is 0 Å². The summed E-state index contributed by atoms with van der Waals surface area (Å²) in [6.45, 7) is 4.05. The molecule has 4 unspecified atom stereocenters. The van der Waals surface area contributed by atoms with Gasteiger partial charge in [0.25, 0.3) is 0 Å². The van der Waals surface area contributed by atoms with Gasteiger partial charge in [-0.1, -0.05) is 43.7 Å².